The van der Waals surface area contributed by atoms with Gasteiger partial charge in [-0.05, 0) is 26.2 Å². The molecule has 1 aromatic heterocycles. The maximum Gasteiger partial charge on any atom is 0.273 e. The van der Waals surface area contributed by atoms with Gasteiger partial charge < -0.3 is 20.3 Å². The van der Waals surface area contributed by atoms with Gasteiger partial charge >= 0.3 is 0 Å². The van der Waals surface area contributed by atoms with Crippen LogP contribution in [0.15, 0.2) is 6.07 Å². The van der Waals surface area contributed by atoms with E-state index < -0.39 is 5.54 Å². The molecule has 1 aliphatic heterocycles. The molecule has 9 heteroatoms. The van der Waals surface area contributed by atoms with E-state index in [0.29, 0.717) is 25.4 Å². The van der Waals surface area contributed by atoms with Gasteiger partial charge in [0, 0.05) is 32.3 Å². The van der Waals surface area contributed by atoms with Crippen molar-refractivity contribution in [3.8, 4) is 0 Å². The number of carbonyl (C=O) groups is 3. The van der Waals surface area contributed by atoms with Gasteiger partial charge in [0.05, 0.1) is 13.2 Å². The van der Waals surface area contributed by atoms with Gasteiger partial charge in [-0.15, -0.1) is 0 Å². The lowest BCUT2D eigenvalue weighted by Gasteiger charge is -2.43. The van der Waals surface area contributed by atoms with Crippen molar-refractivity contribution in [3.05, 3.63) is 17.5 Å². The van der Waals surface area contributed by atoms with Gasteiger partial charge in [-0.1, -0.05) is 19.8 Å². The average molecular weight is 405 g/mol. The largest absolute Gasteiger partial charge is 0.383 e. The lowest BCUT2D eigenvalue weighted by atomic mass is 9.94. The lowest BCUT2D eigenvalue weighted by molar-refractivity contribution is -0.133. The highest BCUT2D eigenvalue weighted by molar-refractivity contribution is 6.01. The van der Waals surface area contributed by atoms with Crippen molar-refractivity contribution in [3.63, 3.8) is 0 Å². The van der Waals surface area contributed by atoms with Crippen molar-refractivity contribution in [2.75, 3.05) is 26.8 Å². The Morgan fingerprint density at radius 2 is 2.07 bits per heavy atom. The summed E-state index contributed by atoms with van der Waals surface area (Å²) < 4.78 is 6.42. The van der Waals surface area contributed by atoms with E-state index in [1.54, 1.807) is 18.9 Å². The number of carbonyl (C=O) groups excluding carboxylic acids is 3. The minimum Gasteiger partial charge on any atom is -0.383 e. The number of nitrogens with zero attached hydrogens (tertiary/aromatic N) is 3. The highest BCUT2D eigenvalue weighted by atomic mass is 16.5. The fourth-order valence-corrected chi connectivity index (χ4v) is 4.09. The zero-order chi connectivity index (χ0) is 21.0. The van der Waals surface area contributed by atoms with Crippen LogP contribution in [-0.4, -0.2) is 70.8 Å². The maximum atomic E-state index is 13.2. The van der Waals surface area contributed by atoms with E-state index in [2.05, 4.69) is 15.7 Å². The zero-order valence-electron chi connectivity index (χ0n) is 17.5. The Morgan fingerprint density at radius 3 is 2.72 bits per heavy atom. The Kier molecular flexibility index (Phi) is 6.56. The van der Waals surface area contributed by atoms with Gasteiger partial charge in [0.2, 0.25) is 5.91 Å². The lowest BCUT2D eigenvalue weighted by Crippen LogP contribution is -2.65. The van der Waals surface area contributed by atoms with Crippen molar-refractivity contribution in [2.45, 2.75) is 64.1 Å². The second-order valence-electron chi connectivity index (χ2n) is 8.01. The molecule has 0 unspecified atom stereocenters. The first kappa shape index (κ1) is 21.3. The number of nitrogens with one attached hydrogen (secondary N) is 2. The number of fused-ring (bicyclic) bond motifs is 1. The molecule has 0 radical (unpaired) electrons. The van der Waals surface area contributed by atoms with Crippen molar-refractivity contribution >= 4 is 17.7 Å². The molecule has 0 aromatic carbocycles. The quantitative estimate of drug-likeness (QED) is 0.626. The van der Waals surface area contributed by atoms with Crippen molar-refractivity contribution in [2.24, 2.45) is 0 Å². The van der Waals surface area contributed by atoms with Crippen LogP contribution in [0.25, 0.3) is 0 Å². The van der Waals surface area contributed by atoms with Crippen LogP contribution in [0.2, 0.25) is 0 Å². The van der Waals surface area contributed by atoms with Crippen LogP contribution < -0.4 is 10.6 Å². The van der Waals surface area contributed by atoms with E-state index in [1.165, 1.54) is 10.7 Å². The molecule has 0 saturated heterocycles. The van der Waals surface area contributed by atoms with Gasteiger partial charge in [0.25, 0.3) is 11.8 Å². The summed E-state index contributed by atoms with van der Waals surface area (Å²) in [5.41, 5.74) is -0.541. The Morgan fingerprint density at radius 1 is 1.34 bits per heavy atom. The number of hydrogen-bond donors (Lipinski definition) is 2. The number of aromatic nitrogens is 2. The van der Waals surface area contributed by atoms with Gasteiger partial charge in [0.1, 0.15) is 11.2 Å². The molecule has 1 aliphatic carbocycles. The molecule has 0 bridgehead atoms. The predicted octanol–water partition coefficient (Wildman–Crippen LogP) is 0.943. The Bertz CT molecular complexity index is 771. The van der Waals surface area contributed by atoms with Crippen LogP contribution in [-0.2, 0) is 16.1 Å². The second-order valence-corrected chi connectivity index (χ2v) is 8.01. The molecule has 1 fully saturated rings. The number of hydrogen-bond acceptors (Lipinski definition) is 5. The third kappa shape index (κ3) is 4.29. The molecule has 1 aromatic rings. The van der Waals surface area contributed by atoms with E-state index in [4.69, 9.17) is 4.74 Å². The summed E-state index contributed by atoms with van der Waals surface area (Å²) in [6.45, 7) is 5.19. The number of methoxy groups -OCH3 is 1. The van der Waals surface area contributed by atoms with Crippen LogP contribution in [0, 0.1) is 0 Å². The molecule has 9 nitrogen and oxygen atoms in total. The molecule has 2 N–H and O–H groups in total. The molecular formula is C20H31N5O4. The topological polar surface area (TPSA) is 106 Å². The van der Waals surface area contributed by atoms with E-state index in [1.807, 2.05) is 6.92 Å². The van der Waals surface area contributed by atoms with Gasteiger partial charge in [-0.25, -0.2) is 0 Å². The molecule has 3 amide bonds. The normalized spacial score (nSPS) is 21.9. The SMILES string of the molecule is CCCN1C(=O)c2cc(C(=O)NCCOC)nn2C[C@@]1(C)C(=O)NC1CCCC1. The number of amides is 3. The van der Waals surface area contributed by atoms with Gasteiger partial charge in [-0.2, -0.15) is 5.10 Å². The molecule has 2 heterocycles. The minimum atomic E-state index is -1.04. The molecule has 0 spiro atoms. The van der Waals surface area contributed by atoms with Gasteiger partial charge in [0.15, 0.2) is 5.69 Å². The molecule has 160 valence electrons. The molecule has 2 aliphatic rings. The third-order valence-corrected chi connectivity index (χ3v) is 5.75. The average Bonchev–Trinajstić information content (AvgIpc) is 3.35. The number of rotatable bonds is 8. The van der Waals surface area contributed by atoms with Crippen molar-refractivity contribution < 1.29 is 19.1 Å². The monoisotopic (exact) mass is 405 g/mol. The number of ether oxygens (including phenoxy) is 1. The smallest absolute Gasteiger partial charge is 0.273 e. The van der Waals surface area contributed by atoms with E-state index in [-0.39, 0.29) is 36.0 Å². The molecule has 3 rings (SSSR count). The van der Waals surface area contributed by atoms with Gasteiger partial charge in [-0.3, -0.25) is 19.1 Å². The van der Waals surface area contributed by atoms with E-state index >= 15 is 0 Å². The summed E-state index contributed by atoms with van der Waals surface area (Å²) in [7, 11) is 1.56. The van der Waals surface area contributed by atoms with Crippen LogP contribution in [0.3, 0.4) is 0 Å². The molecule has 1 atom stereocenters. The Balaban J connectivity index is 1.84. The summed E-state index contributed by atoms with van der Waals surface area (Å²) in [4.78, 5) is 40.3. The first-order valence-electron chi connectivity index (χ1n) is 10.4. The summed E-state index contributed by atoms with van der Waals surface area (Å²) in [6.07, 6.45) is 4.91. The predicted molar refractivity (Wildman–Crippen MR) is 107 cm³/mol. The second kappa shape index (κ2) is 8.94. The van der Waals surface area contributed by atoms with Crippen LogP contribution >= 0.6 is 0 Å². The third-order valence-electron chi connectivity index (χ3n) is 5.75. The highest BCUT2D eigenvalue weighted by Crippen LogP contribution is 2.29. The first-order valence-corrected chi connectivity index (χ1v) is 10.4. The summed E-state index contributed by atoms with van der Waals surface area (Å²) >= 11 is 0. The molecule has 29 heavy (non-hydrogen) atoms. The minimum absolute atomic E-state index is 0.154. The van der Waals surface area contributed by atoms with E-state index in [0.717, 1.165) is 32.1 Å². The van der Waals surface area contributed by atoms with E-state index in [9.17, 15) is 14.4 Å². The standard InChI is InChI=1S/C20H31N5O4/c1-4-10-24-18(27)16-12-15(17(26)21-9-11-29-3)23-25(16)13-20(24,2)19(28)22-14-7-5-6-8-14/h12,14H,4-11,13H2,1-3H3,(H,21,26)(H,22,28)/t20-/m0/s1. The Labute approximate surface area is 171 Å². The summed E-state index contributed by atoms with van der Waals surface area (Å²) in [5.74, 6) is -0.792. The van der Waals surface area contributed by atoms with Crippen molar-refractivity contribution in [1.82, 2.24) is 25.3 Å². The summed E-state index contributed by atoms with van der Waals surface area (Å²) in [6, 6.07) is 1.67. The van der Waals surface area contributed by atoms with Crippen LogP contribution in [0.5, 0.6) is 0 Å². The maximum absolute atomic E-state index is 13.2. The zero-order valence-corrected chi connectivity index (χ0v) is 17.5. The first-order chi connectivity index (χ1) is 13.9. The highest BCUT2D eigenvalue weighted by Gasteiger charge is 2.48. The molecule has 1 saturated carbocycles. The summed E-state index contributed by atoms with van der Waals surface area (Å²) in [5, 5.41) is 10.2. The molecular weight excluding hydrogens is 374 g/mol. The van der Waals surface area contributed by atoms with Crippen LogP contribution in [0.1, 0.15) is 66.9 Å². The van der Waals surface area contributed by atoms with Crippen LogP contribution in [0.4, 0.5) is 0 Å². The Hall–Kier alpha value is -2.42. The fourth-order valence-electron chi connectivity index (χ4n) is 4.09. The fraction of sp³-hybridized carbons (Fsp3) is 0.700. The van der Waals surface area contributed by atoms with Crippen molar-refractivity contribution in [1.29, 1.82) is 0 Å².